The Bertz CT molecular complexity index is 1240. The minimum absolute atomic E-state index is 0.0987. The maximum absolute atomic E-state index is 16.4. The fourth-order valence-corrected chi connectivity index (χ4v) is 6.33. The molecule has 0 aromatic heterocycles. The summed E-state index contributed by atoms with van der Waals surface area (Å²) < 4.78 is 58.8. The van der Waals surface area contributed by atoms with E-state index < -0.39 is 27.4 Å². The summed E-state index contributed by atoms with van der Waals surface area (Å²) in [7, 11) is -4.00. The van der Waals surface area contributed by atoms with Crippen molar-refractivity contribution in [2.24, 2.45) is 0 Å². The highest BCUT2D eigenvalue weighted by Crippen LogP contribution is 2.53. The Morgan fingerprint density at radius 3 is 2.50 bits per heavy atom. The van der Waals surface area contributed by atoms with E-state index in [0.717, 1.165) is 21.0 Å². The highest BCUT2D eigenvalue weighted by molar-refractivity contribution is 7.92. The molecule has 0 fully saturated rings. The molecule has 30 heavy (non-hydrogen) atoms. The molecule has 0 amide bonds. The minimum atomic E-state index is -4.00. The number of hydrogen-bond acceptors (Lipinski definition) is 2. The molecule has 1 aliphatic carbocycles. The van der Waals surface area contributed by atoms with Crippen LogP contribution in [0.25, 0.3) is 0 Å². The lowest BCUT2D eigenvalue weighted by Crippen LogP contribution is -2.52. The molecular formula is C24H21F2NO2S. The van der Waals surface area contributed by atoms with E-state index in [2.05, 4.69) is 0 Å². The summed E-state index contributed by atoms with van der Waals surface area (Å²) in [4.78, 5) is 0.0987. The van der Waals surface area contributed by atoms with E-state index in [0.29, 0.717) is 17.7 Å². The van der Waals surface area contributed by atoms with Crippen LogP contribution in [0.4, 0.5) is 14.5 Å². The van der Waals surface area contributed by atoms with Crippen molar-refractivity contribution in [1.29, 1.82) is 0 Å². The predicted octanol–water partition coefficient (Wildman–Crippen LogP) is 5.13. The third-order valence-corrected chi connectivity index (χ3v) is 8.05. The lowest BCUT2D eigenvalue weighted by Gasteiger charge is -2.47. The lowest BCUT2D eigenvalue weighted by molar-refractivity contribution is 0.123. The number of nitrogens with zero attached hydrogens (tertiary/aromatic N) is 1. The van der Waals surface area contributed by atoms with Crippen LogP contribution in [0.1, 0.15) is 34.6 Å². The Labute approximate surface area is 175 Å². The van der Waals surface area contributed by atoms with Crippen LogP contribution in [0.2, 0.25) is 0 Å². The minimum Gasteiger partial charge on any atom is -0.263 e. The molecule has 0 radical (unpaired) electrons. The van der Waals surface area contributed by atoms with Gasteiger partial charge in [-0.3, -0.25) is 4.31 Å². The first-order valence-electron chi connectivity index (χ1n) is 9.95. The van der Waals surface area contributed by atoms with Crippen molar-refractivity contribution in [3.05, 3.63) is 94.8 Å². The molecule has 0 bridgehead atoms. The molecule has 1 aliphatic heterocycles. The zero-order valence-corrected chi connectivity index (χ0v) is 17.3. The molecule has 3 nitrogen and oxygen atoms in total. The van der Waals surface area contributed by atoms with E-state index in [1.54, 1.807) is 12.1 Å². The van der Waals surface area contributed by atoms with Crippen LogP contribution in [-0.2, 0) is 16.4 Å². The van der Waals surface area contributed by atoms with Crippen LogP contribution in [0.5, 0.6) is 0 Å². The summed E-state index contributed by atoms with van der Waals surface area (Å²) in [6.07, 6.45) is 0.705. The van der Waals surface area contributed by atoms with Crippen molar-refractivity contribution in [3.63, 3.8) is 0 Å². The van der Waals surface area contributed by atoms with Gasteiger partial charge in [0.15, 0.2) is 0 Å². The molecule has 3 aromatic carbocycles. The molecule has 2 aliphatic rings. The zero-order chi connectivity index (χ0) is 21.1. The second-order valence-corrected chi connectivity index (χ2v) is 10.1. The summed E-state index contributed by atoms with van der Waals surface area (Å²) in [6.45, 7) is 1.58. The summed E-state index contributed by atoms with van der Waals surface area (Å²) in [5.74, 6) is -1.20. The number of sulfonamides is 1. The Kier molecular flexibility index (Phi) is 4.26. The van der Waals surface area contributed by atoms with Crippen molar-refractivity contribution in [2.45, 2.75) is 36.2 Å². The number of fused-ring (bicyclic) bond motifs is 5. The van der Waals surface area contributed by atoms with E-state index in [-0.39, 0.29) is 17.9 Å². The standard InChI is InChI=1S/C24H21F2NO2S/c1-16-6-9-19(10-7-16)30(28,29)27-15-24(26)13-12-17-4-2-3-5-20(17)23(24)21-14-18(25)8-11-22(21)27/h2-11,14,23H,12-13,15H2,1H3/t23-,24-/m1/s1. The van der Waals surface area contributed by atoms with Crippen LogP contribution in [0, 0.1) is 12.7 Å². The number of rotatable bonds is 2. The van der Waals surface area contributed by atoms with Gasteiger partial charge in [-0.2, -0.15) is 0 Å². The van der Waals surface area contributed by atoms with Crippen LogP contribution in [-0.4, -0.2) is 20.6 Å². The molecule has 5 rings (SSSR count). The molecule has 154 valence electrons. The van der Waals surface area contributed by atoms with E-state index in [4.69, 9.17) is 0 Å². The van der Waals surface area contributed by atoms with Crippen molar-refractivity contribution >= 4 is 15.7 Å². The molecule has 0 unspecified atom stereocenters. The number of aryl methyl sites for hydroxylation is 2. The van der Waals surface area contributed by atoms with Gasteiger partial charge in [0.2, 0.25) is 0 Å². The molecule has 0 saturated carbocycles. The van der Waals surface area contributed by atoms with Crippen molar-refractivity contribution in [2.75, 3.05) is 10.8 Å². The quantitative estimate of drug-likeness (QED) is 0.571. The summed E-state index contributed by atoms with van der Waals surface area (Å²) in [5, 5.41) is 0. The van der Waals surface area contributed by atoms with Gasteiger partial charge in [-0.05, 0) is 66.8 Å². The third-order valence-electron chi connectivity index (χ3n) is 6.28. The van der Waals surface area contributed by atoms with Crippen LogP contribution in [0.15, 0.2) is 71.6 Å². The average molecular weight is 426 g/mol. The topological polar surface area (TPSA) is 37.4 Å². The molecule has 3 aromatic rings. The highest BCUT2D eigenvalue weighted by atomic mass is 32.2. The van der Waals surface area contributed by atoms with Gasteiger partial charge in [0, 0.05) is 5.92 Å². The number of anilines is 1. The maximum Gasteiger partial charge on any atom is 0.264 e. The van der Waals surface area contributed by atoms with Gasteiger partial charge in [0.1, 0.15) is 11.5 Å². The van der Waals surface area contributed by atoms with Gasteiger partial charge in [-0.1, -0.05) is 42.0 Å². The summed E-state index contributed by atoms with van der Waals surface area (Å²) >= 11 is 0. The molecular weight excluding hydrogens is 404 g/mol. The fraction of sp³-hybridized carbons (Fsp3) is 0.250. The van der Waals surface area contributed by atoms with Crippen molar-refractivity contribution < 1.29 is 17.2 Å². The maximum atomic E-state index is 16.4. The van der Waals surface area contributed by atoms with Gasteiger partial charge in [0.05, 0.1) is 17.1 Å². The summed E-state index contributed by atoms with van der Waals surface area (Å²) in [6, 6.07) is 18.0. The van der Waals surface area contributed by atoms with E-state index in [1.807, 2.05) is 31.2 Å². The summed E-state index contributed by atoms with van der Waals surface area (Å²) in [5.41, 5.74) is 1.68. The predicted molar refractivity (Wildman–Crippen MR) is 113 cm³/mol. The Morgan fingerprint density at radius 2 is 1.73 bits per heavy atom. The number of alkyl halides is 1. The van der Waals surface area contributed by atoms with E-state index in [1.165, 1.54) is 30.3 Å². The molecule has 0 spiro atoms. The number of benzene rings is 3. The third kappa shape index (κ3) is 2.85. The van der Waals surface area contributed by atoms with Crippen LogP contribution in [0.3, 0.4) is 0 Å². The highest BCUT2D eigenvalue weighted by Gasteiger charge is 2.52. The molecule has 0 saturated heterocycles. The SMILES string of the molecule is Cc1ccc(S(=O)(=O)N2C[C@]3(F)CCc4ccccc4[C@@H]3c3cc(F)ccc32)cc1. The zero-order valence-electron chi connectivity index (χ0n) is 16.5. The number of hydrogen-bond donors (Lipinski definition) is 0. The largest absolute Gasteiger partial charge is 0.264 e. The van der Waals surface area contributed by atoms with Gasteiger partial charge >= 0.3 is 0 Å². The Balaban J connectivity index is 1.72. The van der Waals surface area contributed by atoms with Gasteiger partial charge in [-0.15, -0.1) is 0 Å². The molecule has 6 heteroatoms. The second-order valence-electron chi connectivity index (χ2n) is 8.19. The van der Waals surface area contributed by atoms with Crippen molar-refractivity contribution in [1.82, 2.24) is 0 Å². The number of halogens is 2. The molecule has 0 N–H and O–H groups in total. The fourth-order valence-electron chi connectivity index (χ4n) is 4.79. The first kappa shape index (κ1) is 19.2. The Morgan fingerprint density at radius 1 is 1.00 bits per heavy atom. The van der Waals surface area contributed by atoms with E-state index >= 15 is 4.39 Å². The molecule has 1 heterocycles. The van der Waals surface area contributed by atoms with Crippen molar-refractivity contribution in [3.8, 4) is 0 Å². The smallest absolute Gasteiger partial charge is 0.263 e. The van der Waals surface area contributed by atoms with Gasteiger partial charge in [0.25, 0.3) is 10.0 Å². The lowest BCUT2D eigenvalue weighted by atomic mass is 9.68. The van der Waals surface area contributed by atoms with Crippen LogP contribution >= 0.6 is 0 Å². The molecule has 2 atom stereocenters. The van der Waals surface area contributed by atoms with E-state index in [9.17, 15) is 12.8 Å². The first-order chi connectivity index (χ1) is 14.3. The Hall–Kier alpha value is -2.73. The average Bonchev–Trinajstić information content (AvgIpc) is 2.72. The van der Waals surface area contributed by atoms with Gasteiger partial charge in [-0.25, -0.2) is 17.2 Å². The first-order valence-corrected chi connectivity index (χ1v) is 11.4. The normalized spacial score (nSPS) is 22.8. The monoisotopic (exact) mass is 425 g/mol. The second kappa shape index (κ2) is 6.64. The van der Waals surface area contributed by atoms with Crippen LogP contribution < -0.4 is 4.31 Å². The van der Waals surface area contributed by atoms with Gasteiger partial charge < -0.3 is 0 Å².